The summed E-state index contributed by atoms with van der Waals surface area (Å²) in [5, 5.41) is 5.34. The third kappa shape index (κ3) is 6.78. The van der Waals surface area contributed by atoms with Crippen LogP contribution in [0.2, 0.25) is 0 Å². The zero-order valence-electron chi connectivity index (χ0n) is 28.5. The quantitative estimate of drug-likeness (QED) is 0.157. The molecule has 256 valence electrons. The lowest BCUT2D eigenvalue weighted by molar-refractivity contribution is -0.139. The zero-order valence-corrected chi connectivity index (χ0v) is 30.1. The van der Waals surface area contributed by atoms with Gasteiger partial charge in [0.25, 0.3) is 0 Å². The van der Waals surface area contributed by atoms with Crippen molar-refractivity contribution in [3.05, 3.63) is 64.0 Å². The normalized spacial score (nSPS) is 23.0. The van der Waals surface area contributed by atoms with Crippen molar-refractivity contribution in [2.45, 2.75) is 110 Å². The van der Waals surface area contributed by atoms with E-state index in [4.69, 9.17) is 9.84 Å². The average Bonchev–Trinajstić information content (AvgIpc) is 3.50. The molecular formula is C38H43BrN6O4. The molecule has 10 nitrogen and oxygen atoms in total. The van der Waals surface area contributed by atoms with Crippen molar-refractivity contribution in [3.63, 3.8) is 0 Å². The number of Topliss-reactive ketones (excluding diaryl/α,β-unsaturated/α-hetero) is 2. The first-order valence-electron chi connectivity index (χ1n) is 17.6. The SMILES string of the molecule is CC(=O)c1nn2c3cc(c(-c4cnc(C)nc4)cc13)OCCCCCCCCC[C@@]13C[C@@H](C(=O)Cc4nc(Br)ccc4C)N(C(=O)C2)[C@@H]1C3. The van der Waals surface area contributed by atoms with Crippen LogP contribution in [0.5, 0.6) is 5.75 Å². The van der Waals surface area contributed by atoms with E-state index >= 15 is 0 Å². The Morgan fingerprint density at radius 1 is 1.00 bits per heavy atom. The van der Waals surface area contributed by atoms with Crippen LogP contribution in [0, 0.1) is 19.3 Å². The number of carbonyl (C=O) groups is 3. The van der Waals surface area contributed by atoms with Crippen LogP contribution in [0.3, 0.4) is 0 Å². The van der Waals surface area contributed by atoms with E-state index in [2.05, 4.69) is 30.9 Å². The minimum Gasteiger partial charge on any atom is -0.493 e. The van der Waals surface area contributed by atoms with Gasteiger partial charge in [0.15, 0.2) is 11.6 Å². The van der Waals surface area contributed by atoms with Crippen LogP contribution in [0.15, 0.2) is 41.3 Å². The predicted octanol–water partition coefficient (Wildman–Crippen LogP) is 7.15. The zero-order chi connectivity index (χ0) is 34.3. The second kappa shape index (κ2) is 13.7. The van der Waals surface area contributed by atoms with E-state index in [1.165, 1.54) is 19.8 Å². The van der Waals surface area contributed by atoms with Crippen molar-refractivity contribution in [2.24, 2.45) is 5.41 Å². The number of ketones is 2. The number of hydrogen-bond acceptors (Lipinski definition) is 8. The minimum absolute atomic E-state index is 0.0125. The number of ether oxygens (including phenoxy) is 1. The number of carbonyl (C=O) groups excluding carboxylic acids is 3. The Balaban J connectivity index is 1.27. The lowest BCUT2D eigenvalue weighted by Gasteiger charge is -2.27. The molecule has 2 fully saturated rings. The molecule has 5 heterocycles. The number of pyridine rings is 1. The Labute approximate surface area is 295 Å². The van der Waals surface area contributed by atoms with Gasteiger partial charge in [-0.15, -0.1) is 0 Å². The van der Waals surface area contributed by atoms with E-state index in [0.29, 0.717) is 40.1 Å². The Morgan fingerprint density at radius 3 is 2.49 bits per heavy atom. The van der Waals surface area contributed by atoms with Gasteiger partial charge in [-0.3, -0.25) is 19.1 Å². The standard InChI is InChI=1S/C38H43BrN6O4/c1-23-11-12-35(39)42-29(23)16-32(47)31-18-38-13-9-7-5-4-6-8-10-14-49-33-17-30-28(15-27(33)26-20-40-25(3)41-21-26)37(24(2)46)43-44(30)22-36(48)45(31)34(38)19-38/h11-12,15,17,20-21,31,34H,4-10,13-14,16,18-19,22H2,1-3H3/t31-,34+,38-/m0/s1. The molecule has 0 N–H and O–H groups in total. The summed E-state index contributed by atoms with van der Waals surface area (Å²) in [6.07, 6.45) is 14.2. The topological polar surface area (TPSA) is 120 Å². The fourth-order valence-corrected chi connectivity index (χ4v) is 8.29. The van der Waals surface area contributed by atoms with E-state index in [1.807, 2.05) is 43.0 Å². The van der Waals surface area contributed by atoms with Crippen LogP contribution >= 0.6 is 15.9 Å². The second-order valence-corrected chi connectivity index (χ2v) is 15.0. The summed E-state index contributed by atoms with van der Waals surface area (Å²) >= 11 is 3.45. The first kappa shape index (κ1) is 33.5. The molecule has 2 aliphatic heterocycles. The van der Waals surface area contributed by atoms with E-state index in [-0.39, 0.29) is 47.6 Å². The molecule has 7 rings (SSSR count). The number of halogens is 1. The number of piperidine rings is 1. The smallest absolute Gasteiger partial charge is 0.245 e. The Bertz CT molecular complexity index is 1920. The molecule has 1 saturated carbocycles. The Hall–Kier alpha value is -3.99. The van der Waals surface area contributed by atoms with Crippen molar-refractivity contribution in [1.82, 2.24) is 29.6 Å². The van der Waals surface area contributed by atoms with Gasteiger partial charge in [-0.2, -0.15) is 5.10 Å². The van der Waals surface area contributed by atoms with Gasteiger partial charge >= 0.3 is 0 Å². The van der Waals surface area contributed by atoms with Crippen LogP contribution in [0.1, 0.15) is 98.7 Å². The van der Waals surface area contributed by atoms with Crippen LogP contribution < -0.4 is 4.74 Å². The molecule has 4 aromatic rings. The summed E-state index contributed by atoms with van der Waals surface area (Å²) in [4.78, 5) is 56.7. The highest BCUT2D eigenvalue weighted by Crippen LogP contribution is 2.62. The number of aromatic nitrogens is 5. The van der Waals surface area contributed by atoms with Crippen molar-refractivity contribution < 1.29 is 19.1 Å². The third-order valence-electron chi connectivity index (χ3n) is 10.7. The second-order valence-electron chi connectivity index (χ2n) is 14.2. The lowest BCUT2D eigenvalue weighted by atomic mass is 9.90. The average molecular weight is 728 g/mol. The van der Waals surface area contributed by atoms with Gasteiger partial charge in [0.2, 0.25) is 5.91 Å². The van der Waals surface area contributed by atoms with Crippen molar-refractivity contribution in [2.75, 3.05) is 6.61 Å². The molecule has 3 atom stereocenters. The predicted molar refractivity (Wildman–Crippen MR) is 189 cm³/mol. The molecule has 0 spiro atoms. The van der Waals surface area contributed by atoms with Crippen LogP contribution in [0.25, 0.3) is 22.0 Å². The molecule has 3 aromatic heterocycles. The molecule has 3 aliphatic rings. The van der Waals surface area contributed by atoms with Gasteiger partial charge in [-0.25, -0.2) is 15.0 Å². The number of hydrogen-bond donors (Lipinski definition) is 0. The molecule has 1 aliphatic carbocycles. The maximum atomic E-state index is 14.4. The number of amides is 1. The maximum absolute atomic E-state index is 14.4. The number of benzene rings is 1. The van der Waals surface area contributed by atoms with Crippen molar-refractivity contribution >= 4 is 44.3 Å². The number of rotatable bonds is 5. The van der Waals surface area contributed by atoms with Crippen LogP contribution in [-0.2, 0) is 22.6 Å². The molecule has 11 heteroatoms. The van der Waals surface area contributed by atoms with Crippen LogP contribution in [-0.4, -0.2) is 65.8 Å². The fraction of sp³-hybridized carbons (Fsp3) is 0.500. The largest absolute Gasteiger partial charge is 0.493 e. The highest BCUT2D eigenvalue weighted by Gasteiger charge is 2.66. The minimum atomic E-state index is -0.516. The first-order chi connectivity index (χ1) is 23.6. The summed E-state index contributed by atoms with van der Waals surface area (Å²) in [5.74, 6) is 0.962. The van der Waals surface area contributed by atoms with Crippen molar-refractivity contribution in [1.29, 1.82) is 0 Å². The Kier molecular flexibility index (Phi) is 9.39. The fourth-order valence-electron chi connectivity index (χ4n) is 7.95. The van der Waals surface area contributed by atoms with Gasteiger partial charge < -0.3 is 9.64 Å². The highest BCUT2D eigenvalue weighted by molar-refractivity contribution is 9.10. The summed E-state index contributed by atoms with van der Waals surface area (Å²) in [7, 11) is 0. The van der Waals surface area contributed by atoms with Gasteiger partial charge in [0.1, 0.15) is 28.4 Å². The molecule has 0 unspecified atom stereocenters. The molecule has 1 saturated heterocycles. The molecule has 1 aromatic carbocycles. The summed E-state index contributed by atoms with van der Waals surface area (Å²) in [5.41, 5.74) is 4.15. The Morgan fingerprint density at radius 2 is 1.73 bits per heavy atom. The van der Waals surface area contributed by atoms with Crippen LogP contribution in [0.4, 0.5) is 0 Å². The van der Waals surface area contributed by atoms with E-state index in [1.54, 1.807) is 17.1 Å². The number of nitrogens with zero attached hydrogens (tertiary/aromatic N) is 6. The lowest BCUT2D eigenvalue weighted by Crippen LogP contribution is -2.45. The van der Waals surface area contributed by atoms with Gasteiger partial charge in [-0.1, -0.05) is 44.6 Å². The molecule has 4 bridgehead atoms. The number of aryl methyl sites for hydroxylation is 2. The van der Waals surface area contributed by atoms with Crippen molar-refractivity contribution in [3.8, 4) is 16.9 Å². The molecule has 1 amide bonds. The van der Waals surface area contributed by atoms with Gasteiger partial charge in [-0.05, 0) is 78.6 Å². The maximum Gasteiger partial charge on any atom is 0.245 e. The van der Waals surface area contributed by atoms with E-state index in [9.17, 15) is 14.4 Å². The molecule has 49 heavy (non-hydrogen) atoms. The summed E-state index contributed by atoms with van der Waals surface area (Å²) in [6, 6.07) is 7.15. The highest BCUT2D eigenvalue weighted by atomic mass is 79.9. The monoisotopic (exact) mass is 726 g/mol. The summed E-state index contributed by atoms with van der Waals surface area (Å²) < 4.78 is 8.72. The van der Waals surface area contributed by atoms with E-state index in [0.717, 1.165) is 67.3 Å². The first-order valence-corrected chi connectivity index (χ1v) is 18.4. The van der Waals surface area contributed by atoms with Gasteiger partial charge in [0.05, 0.1) is 30.3 Å². The molecule has 0 radical (unpaired) electrons. The summed E-state index contributed by atoms with van der Waals surface area (Å²) in [6.45, 7) is 5.75. The third-order valence-corrected chi connectivity index (χ3v) is 11.2. The molecular weight excluding hydrogens is 684 g/mol. The number of fused-ring (bicyclic) bond motifs is 1. The van der Waals surface area contributed by atoms with E-state index < -0.39 is 6.04 Å². The van der Waals surface area contributed by atoms with Gasteiger partial charge in [0, 0.05) is 47.9 Å².